The molecule has 0 spiro atoms. The average molecular weight is 317 g/mol. The standard InChI is InChI=1S/C16H19N3O2S/c1-5-8-19-13-7-6-12(17-11(4)20)9-14(13)22-16(19)18-15(21)10(2)3/h5-7,9-10H,1,8H2,2-4H3,(H,17,20). The molecule has 0 aliphatic rings. The van der Waals surface area contributed by atoms with Gasteiger partial charge in [-0.05, 0) is 18.2 Å². The third-order valence-corrected chi connectivity index (χ3v) is 4.06. The second kappa shape index (κ2) is 6.70. The Bertz CT molecular complexity index is 799. The summed E-state index contributed by atoms with van der Waals surface area (Å²) < 4.78 is 2.91. The summed E-state index contributed by atoms with van der Waals surface area (Å²) >= 11 is 1.43. The van der Waals surface area contributed by atoms with Gasteiger partial charge in [0.05, 0.1) is 10.2 Å². The number of aromatic nitrogens is 1. The van der Waals surface area contributed by atoms with Crippen LogP contribution in [0.5, 0.6) is 0 Å². The van der Waals surface area contributed by atoms with Crippen molar-refractivity contribution in [3.05, 3.63) is 35.7 Å². The number of anilines is 1. The third kappa shape index (κ3) is 3.51. The molecule has 0 fully saturated rings. The highest BCUT2D eigenvalue weighted by atomic mass is 32.1. The van der Waals surface area contributed by atoms with Crippen LogP contribution in [0.15, 0.2) is 35.8 Å². The van der Waals surface area contributed by atoms with E-state index in [9.17, 15) is 9.59 Å². The van der Waals surface area contributed by atoms with Gasteiger partial charge in [0.2, 0.25) is 5.91 Å². The Kier molecular flexibility index (Phi) is 4.92. The third-order valence-electron chi connectivity index (χ3n) is 3.01. The molecule has 1 N–H and O–H groups in total. The topological polar surface area (TPSA) is 63.5 Å². The van der Waals surface area contributed by atoms with Gasteiger partial charge >= 0.3 is 0 Å². The number of carbonyl (C=O) groups is 2. The minimum Gasteiger partial charge on any atom is -0.326 e. The number of hydrogen-bond donors (Lipinski definition) is 1. The molecule has 116 valence electrons. The first-order valence-corrected chi connectivity index (χ1v) is 7.84. The van der Waals surface area contributed by atoms with Crippen LogP contribution in [0.25, 0.3) is 10.2 Å². The second-order valence-corrected chi connectivity index (χ2v) is 6.26. The lowest BCUT2D eigenvalue weighted by atomic mass is 10.2. The van der Waals surface area contributed by atoms with Gasteiger partial charge in [0.25, 0.3) is 5.91 Å². The van der Waals surface area contributed by atoms with E-state index in [4.69, 9.17) is 0 Å². The first-order valence-electron chi connectivity index (χ1n) is 7.03. The highest BCUT2D eigenvalue weighted by Gasteiger charge is 2.10. The Morgan fingerprint density at radius 1 is 1.45 bits per heavy atom. The smallest absolute Gasteiger partial charge is 0.250 e. The number of benzene rings is 1. The Balaban J connectivity index is 2.60. The van der Waals surface area contributed by atoms with Gasteiger partial charge in [-0.25, -0.2) is 0 Å². The number of allylic oxidation sites excluding steroid dienone is 1. The zero-order valence-electron chi connectivity index (χ0n) is 12.9. The van der Waals surface area contributed by atoms with Gasteiger partial charge in [-0.3, -0.25) is 9.59 Å². The van der Waals surface area contributed by atoms with Crippen molar-refractivity contribution in [2.75, 3.05) is 5.32 Å². The molecule has 0 saturated carbocycles. The van der Waals surface area contributed by atoms with Gasteiger partial charge in [-0.2, -0.15) is 4.99 Å². The Morgan fingerprint density at radius 3 is 2.77 bits per heavy atom. The van der Waals surface area contributed by atoms with Crippen molar-refractivity contribution in [1.82, 2.24) is 4.57 Å². The van der Waals surface area contributed by atoms with Crippen LogP contribution in [0.2, 0.25) is 0 Å². The maximum absolute atomic E-state index is 11.9. The number of hydrogen-bond acceptors (Lipinski definition) is 3. The van der Waals surface area contributed by atoms with Gasteiger partial charge in [-0.1, -0.05) is 31.3 Å². The van der Waals surface area contributed by atoms with Gasteiger partial charge in [-0.15, -0.1) is 6.58 Å². The number of amides is 2. The fourth-order valence-corrected chi connectivity index (χ4v) is 3.05. The molecule has 0 saturated heterocycles. The number of rotatable bonds is 4. The fourth-order valence-electron chi connectivity index (χ4n) is 1.97. The van der Waals surface area contributed by atoms with E-state index in [2.05, 4.69) is 16.9 Å². The number of thiazole rings is 1. The molecular formula is C16H19N3O2S. The SMILES string of the molecule is C=CCn1c(=NC(=O)C(C)C)sc2cc(NC(C)=O)ccc21. The molecule has 1 aromatic heterocycles. The predicted molar refractivity (Wildman–Crippen MR) is 89.7 cm³/mol. The monoisotopic (exact) mass is 317 g/mol. The molecule has 2 aromatic rings. The van der Waals surface area contributed by atoms with Crippen LogP contribution in [0, 0.1) is 5.92 Å². The first-order chi connectivity index (χ1) is 10.4. The summed E-state index contributed by atoms with van der Waals surface area (Å²) in [6.07, 6.45) is 1.77. The van der Waals surface area contributed by atoms with Gasteiger partial charge in [0, 0.05) is 25.1 Å². The van der Waals surface area contributed by atoms with E-state index >= 15 is 0 Å². The van der Waals surface area contributed by atoms with Gasteiger partial charge in [0.15, 0.2) is 4.80 Å². The van der Waals surface area contributed by atoms with Crippen LogP contribution in [0.3, 0.4) is 0 Å². The summed E-state index contributed by atoms with van der Waals surface area (Å²) in [5.74, 6) is -0.404. The van der Waals surface area contributed by atoms with Crippen LogP contribution >= 0.6 is 11.3 Å². The lowest BCUT2D eigenvalue weighted by molar-refractivity contribution is -0.120. The molecular weight excluding hydrogens is 298 g/mol. The predicted octanol–water partition coefficient (Wildman–Crippen LogP) is 2.93. The van der Waals surface area contributed by atoms with E-state index < -0.39 is 0 Å². The van der Waals surface area contributed by atoms with E-state index in [1.165, 1.54) is 18.3 Å². The molecule has 1 heterocycles. The number of nitrogens with zero attached hydrogens (tertiary/aromatic N) is 2. The average Bonchev–Trinajstić information content (AvgIpc) is 2.75. The molecule has 0 unspecified atom stereocenters. The van der Waals surface area contributed by atoms with Crippen molar-refractivity contribution in [3.8, 4) is 0 Å². The summed E-state index contributed by atoms with van der Waals surface area (Å²) in [5, 5.41) is 2.76. The van der Waals surface area contributed by atoms with Crippen molar-refractivity contribution in [2.24, 2.45) is 10.9 Å². The van der Waals surface area contributed by atoms with E-state index in [0.29, 0.717) is 11.3 Å². The highest BCUT2D eigenvalue weighted by Crippen LogP contribution is 2.22. The maximum atomic E-state index is 11.9. The van der Waals surface area contributed by atoms with Crippen molar-refractivity contribution in [3.63, 3.8) is 0 Å². The lowest BCUT2D eigenvalue weighted by Gasteiger charge is -2.04. The highest BCUT2D eigenvalue weighted by molar-refractivity contribution is 7.16. The molecule has 0 radical (unpaired) electrons. The summed E-state index contributed by atoms with van der Waals surface area (Å²) in [6, 6.07) is 5.64. The molecule has 0 atom stereocenters. The number of nitrogens with one attached hydrogen (secondary N) is 1. The Labute approximate surface area is 133 Å². The first kappa shape index (κ1) is 16.2. The van der Waals surface area contributed by atoms with Crippen LogP contribution in [-0.2, 0) is 16.1 Å². The van der Waals surface area contributed by atoms with Crippen molar-refractivity contribution in [1.29, 1.82) is 0 Å². The van der Waals surface area contributed by atoms with Crippen molar-refractivity contribution >= 4 is 39.1 Å². The van der Waals surface area contributed by atoms with Crippen LogP contribution < -0.4 is 10.1 Å². The Hall–Kier alpha value is -2.21. The molecule has 0 bridgehead atoms. The molecule has 2 amide bonds. The van der Waals surface area contributed by atoms with E-state index in [0.717, 1.165) is 15.9 Å². The van der Waals surface area contributed by atoms with Gasteiger partial charge in [0.1, 0.15) is 0 Å². The number of carbonyl (C=O) groups excluding carboxylic acids is 2. The van der Waals surface area contributed by atoms with E-state index in [1.54, 1.807) is 6.08 Å². The van der Waals surface area contributed by atoms with E-state index in [-0.39, 0.29) is 17.7 Å². The van der Waals surface area contributed by atoms with E-state index in [1.807, 2.05) is 36.6 Å². The summed E-state index contributed by atoms with van der Waals surface area (Å²) in [6.45, 7) is 9.45. The zero-order chi connectivity index (χ0) is 16.3. The largest absolute Gasteiger partial charge is 0.326 e. The maximum Gasteiger partial charge on any atom is 0.250 e. The molecule has 0 aliphatic carbocycles. The van der Waals surface area contributed by atoms with Crippen molar-refractivity contribution < 1.29 is 9.59 Å². The Morgan fingerprint density at radius 2 is 2.18 bits per heavy atom. The molecule has 2 rings (SSSR count). The quantitative estimate of drug-likeness (QED) is 0.881. The molecule has 5 nitrogen and oxygen atoms in total. The van der Waals surface area contributed by atoms with Crippen LogP contribution in [0.1, 0.15) is 20.8 Å². The second-order valence-electron chi connectivity index (χ2n) is 5.25. The minimum atomic E-state index is -0.147. The number of fused-ring (bicyclic) bond motifs is 1. The summed E-state index contributed by atoms with van der Waals surface area (Å²) in [7, 11) is 0. The zero-order valence-corrected chi connectivity index (χ0v) is 13.7. The minimum absolute atomic E-state index is 0.116. The molecule has 6 heteroatoms. The molecule has 22 heavy (non-hydrogen) atoms. The lowest BCUT2D eigenvalue weighted by Crippen LogP contribution is -2.18. The summed E-state index contributed by atoms with van der Waals surface area (Å²) in [5.41, 5.74) is 1.70. The molecule has 0 aliphatic heterocycles. The van der Waals surface area contributed by atoms with Crippen molar-refractivity contribution in [2.45, 2.75) is 27.3 Å². The van der Waals surface area contributed by atoms with Crippen LogP contribution in [-0.4, -0.2) is 16.4 Å². The van der Waals surface area contributed by atoms with Gasteiger partial charge < -0.3 is 9.88 Å². The van der Waals surface area contributed by atoms with Crippen LogP contribution in [0.4, 0.5) is 5.69 Å². The molecule has 1 aromatic carbocycles. The normalized spacial score (nSPS) is 11.9. The fraction of sp³-hybridized carbons (Fsp3) is 0.312. The summed E-state index contributed by atoms with van der Waals surface area (Å²) in [4.78, 5) is 27.9.